The van der Waals surface area contributed by atoms with Gasteiger partial charge in [0.2, 0.25) is 0 Å². The highest BCUT2D eigenvalue weighted by atomic mass is 124. The van der Waals surface area contributed by atoms with Crippen molar-refractivity contribution in [1.82, 2.24) is 5.06 Å². The van der Waals surface area contributed by atoms with Crippen LogP contribution in [0.25, 0.3) is 0 Å². The van der Waals surface area contributed by atoms with Crippen molar-refractivity contribution in [3.8, 4) is 0 Å². The molecule has 0 bridgehead atoms. The van der Waals surface area contributed by atoms with Crippen molar-refractivity contribution in [3.63, 3.8) is 0 Å². The van der Waals surface area contributed by atoms with Gasteiger partial charge in [-0.15, -0.1) is 5.06 Å². The highest BCUT2D eigenvalue weighted by molar-refractivity contribution is 14.1. The van der Waals surface area contributed by atoms with E-state index in [-0.39, 0.29) is 12.8 Å². The van der Waals surface area contributed by atoms with Gasteiger partial charge in [-0.2, -0.15) is 0 Å². The first-order valence-corrected chi connectivity index (χ1v) is 5.99. The van der Waals surface area contributed by atoms with Crippen LogP contribution in [-0.2, 0) is 14.4 Å². The molecule has 0 unspecified atom stereocenters. The summed E-state index contributed by atoms with van der Waals surface area (Å²) in [4.78, 5) is 38.9. The fourth-order valence-corrected chi connectivity index (χ4v) is 1.74. The highest BCUT2D eigenvalue weighted by Crippen LogP contribution is 2.14. The summed E-state index contributed by atoms with van der Waals surface area (Å²) in [6.45, 7) is 0. The van der Waals surface area contributed by atoms with Crippen LogP contribution in [0.3, 0.4) is 0 Å². The number of amides is 2. The largest absolute Gasteiger partial charge is 0.363 e. The van der Waals surface area contributed by atoms with Crippen LogP contribution < -0.4 is 0 Å². The number of hydrogen-bond acceptors (Lipinski definition) is 4. The maximum Gasteiger partial charge on any atom is 0.363 e. The number of nitrogens with zero attached hydrogens (tertiary/aromatic N) is 1. The van der Waals surface area contributed by atoms with E-state index in [0.717, 1.165) is 3.57 Å². The standard InChI is InChI=1S/C11H8INO4/c12-8-3-1-7(2-4-8)11(16)17-13-9(14)5-6-10(13)15/h1-4H,5-6H2/i12-3. The van der Waals surface area contributed by atoms with Crippen LogP contribution in [0, 0.1) is 3.57 Å². The molecular weight excluding hydrogens is 334 g/mol. The van der Waals surface area contributed by atoms with Gasteiger partial charge >= 0.3 is 5.97 Å². The number of halogens is 1. The fourth-order valence-electron chi connectivity index (χ4n) is 1.38. The molecular formula is C11H8INO4. The lowest BCUT2D eigenvalue weighted by Gasteiger charge is -2.12. The molecule has 6 heteroatoms. The molecule has 1 aliphatic heterocycles. The smallest absolute Gasteiger partial charge is 0.325 e. The monoisotopic (exact) mass is 342 g/mol. The normalized spacial score (nSPS) is 15.2. The van der Waals surface area contributed by atoms with Crippen molar-refractivity contribution in [2.45, 2.75) is 12.8 Å². The summed E-state index contributed by atoms with van der Waals surface area (Å²) in [5.41, 5.74) is 0.304. The van der Waals surface area contributed by atoms with E-state index in [1.165, 1.54) is 0 Å². The third-order valence-electron chi connectivity index (χ3n) is 2.26. The lowest BCUT2D eigenvalue weighted by Crippen LogP contribution is -2.32. The summed E-state index contributed by atoms with van der Waals surface area (Å²) < 4.78 is 0.979. The molecule has 1 aromatic carbocycles. The summed E-state index contributed by atoms with van der Waals surface area (Å²) in [5, 5.41) is 0.542. The summed E-state index contributed by atoms with van der Waals surface area (Å²) in [6, 6.07) is 6.64. The van der Waals surface area contributed by atoms with E-state index >= 15 is 0 Å². The van der Waals surface area contributed by atoms with E-state index in [1.54, 1.807) is 24.3 Å². The van der Waals surface area contributed by atoms with Crippen LogP contribution in [0.1, 0.15) is 23.2 Å². The lowest BCUT2D eigenvalue weighted by molar-refractivity contribution is -0.172. The molecule has 1 aromatic rings. The van der Waals surface area contributed by atoms with Gasteiger partial charge in [-0.3, -0.25) is 9.59 Å². The van der Waals surface area contributed by atoms with Gasteiger partial charge < -0.3 is 4.84 Å². The number of rotatable bonds is 2. The topological polar surface area (TPSA) is 63.7 Å². The Kier molecular flexibility index (Phi) is 3.41. The summed E-state index contributed by atoms with van der Waals surface area (Å²) in [6.07, 6.45) is 0.192. The second-order valence-corrected chi connectivity index (χ2v) is 4.71. The SMILES string of the molecule is O=C(ON1C(=O)CCC1=O)c1ccc([124I])cc1. The van der Waals surface area contributed by atoms with Crippen LogP contribution in [0.2, 0.25) is 0 Å². The molecule has 88 valence electrons. The maximum atomic E-state index is 11.6. The zero-order valence-electron chi connectivity index (χ0n) is 8.68. The van der Waals surface area contributed by atoms with Crippen molar-refractivity contribution < 1.29 is 19.2 Å². The predicted molar refractivity (Wildman–Crippen MR) is 65.7 cm³/mol. The number of carbonyl (C=O) groups is 3. The van der Waals surface area contributed by atoms with E-state index in [9.17, 15) is 14.4 Å². The summed E-state index contributed by atoms with van der Waals surface area (Å²) in [5.74, 6) is -1.66. The number of hydroxylamine groups is 2. The molecule has 0 aromatic heterocycles. The molecule has 0 saturated carbocycles. The van der Waals surface area contributed by atoms with Crippen LogP contribution in [0.4, 0.5) is 0 Å². The molecule has 0 radical (unpaired) electrons. The van der Waals surface area contributed by atoms with Gasteiger partial charge in [0.1, 0.15) is 0 Å². The molecule has 0 N–H and O–H groups in total. The third-order valence-corrected chi connectivity index (χ3v) is 2.98. The highest BCUT2D eigenvalue weighted by Gasteiger charge is 2.33. The van der Waals surface area contributed by atoms with E-state index in [4.69, 9.17) is 4.84 Å². The van der Waals surface area contributed by atoms with Crippen molar-refractivity contribution in [1.29, 1.82) is 0 Å². The van der Waals surface area contributed by atoms with Crippen molar-refractivity contribution in [3.05, 3.63) is 33.4 Å². The van der Waals surface area contributed by atoms with Crippen molar-refractivity contribution in [2.75, 3.05) is 0 Å². The molecule has 0 spiro atoms. The molecule has 2 amide bonds. The first kappa shape index (κ1) is 12.0. The van der Waals surface area contributed by atoms with Gasteiger partial charge in [0.15, 0.2) is 0 Å². The average Bonchev–Trinajstić information content (AvgIpc) is 2.61. The van der Waals surface area contributed by atoms with Gasteiger partial charge in [-0.1, -0.05) is 0 Å². The molecule has 1 heterocycles. The second-order valence-electron chi connectivity index (χ2n) is 3.47. The molecule has 0 atom stereocenters. The van der Waals surface area contributed by atoms with E-state index < -0.39 is 17.8 Å². The Balaban J connectivity index is 2.09. The van der Waals surface area contributed by atoms with E-state index in [1.807, 2.05) is 0 Å². The Morgan fingerprint density at radius 3 is 2.18 bits per heavy atom. The Hall–Kier alpha value is -1.44. The average molecular weight is 342 g/mol. The van der Waals surface area contributed by atoms with Gasteiger partial charge in [-0.25, -0.2) is 4.79 Å². The number of imide groups is 1. The molecule has 1 fully saturated rings. The maximum absolute atomic E-state index is 11.6. The minimum absolute atomic E-state index is 0.0960. The first-order chi connectivity index (χ1) is 8.08. The van der Waals surface area contributed by atoms with E-state index in [2.05, 4.69) is 22.6 Å². The molecule has 5 nitrogen and oxygen atoms in total. The van der Waals surface area contributed by atoms with Crippen LogP contribution in [0.15, 0.2) is 24.3 Å². The number of carbonyl (C=O) groups excluding carboxylic acids is 3. The predicted octanol–water partition coefficient (Wildman–Crippen LogP) is 1.51. The Morgan fingerprint density at radius 2 is 1.65 bits per heavy atom. The zero-order chi connectivity index (χ0) is 12.4. The van der Waals surface area contributed by atoms with E-state index in [0.29, 0.717) is 10.6 Å². The third kappa shape index (κ3) is 2.63. The van der Waals surface area contributed by atoms with Gasteiger partial charge in [0, 0.05) is 16.4 Å². The van der Waals surface area contributed by atoms with Gasteiger partial charge in [0.05, 0.1) is 5.56 Å². The van der Waals surface area contributed by atoms with Gasteiger partial charge in [0.25, 0.3) is 11.8 Å². The van der Waals surface area contributed by atoms with Crippen LogP contribution in [0.5, 0.6) is 0 Å². The zero-order valence-corrected chi connectivity index (χ0v) is 10.8. The van der Waals surface area contributed by atoms with Crippen LogP contribution >= 0.6 is 22.6 Å². The minimum atomic E-state index is -0.704. The van der Waals surface area contributed by atoms with Crippen molar-refractivity contribution >= 4 is 40.4 Å². The molecule has 0 aliphatic carbocycles. The number of benzene rings is 1. The first-order valence-electron chi connectivity index (χ1n) is 4.91. The Labute approximate surface area is 111 Å². The molecule has 1 aliphatic rings. The van der Waals surface area contributed by atoms with Crippen molar-refractivity contribution in [2.24, 2.45) is 0 Å². The summed E-state index contributed by atoms with van der Waals surface area (Å²) >= 11 is 2.11. The van der Waals surface area contributed by atoms with Crippen LogP contribution in [-0.4, -0.2) is 22.8 Å². The lowest BCUT2D eigenvalue weighted by atomic mass is 10.2. The Morgan fingerprint density at radius 1 is 1.12 bits per heavy atom. The van der Waals surface area contributed by atoms with Gasteiger partial charge in [-0.05, 0) is 46.9 Å². The molecule has 17 heavy (non-hydrogen) atoms. The fraction of sp³-hybridized carbons (Fsp3) is 0.182. The minimum Gasteiger partial charge on any atom is -0.325 e. The quantitative estimate of drug-likeness (QED) is 0.604. The Bertz CT molecular complexity index is 467. The molecule has 1 saturated heterocycles. The number of hydrogen-bond donors (Lipinski definition) is 0. The summed E-state index contributed by atoms with van der Waals surface area (Å²) in [7, 11) is 0. The molecule has 2 rings (SSSR count). The second kappa shape index (κ2) is 4.82.